The molecule has 1 unspecified atom stereocenters. The van der Waals surface area contributed by atoms with E-state index in [1.807, 2.05) is 12.1 Å². The van der Waals surface area contributed by atoms with Gasteiger partial charge in [0.1, 0.15) is 0 Å². The van der Waals surface area contributed by atoms with Crippen LogP contribution in [0.1, 0.15) is 16.7 Å². The van der Waals surface area contributed by atoms with Gasteiger partial charge in [-0.05, 0) is 35.2 Å². The summed E-state index contributed by atoms with van der Waals surface area (Å²) in [6, 6.07) is 12.2. The van der Waals surface area contributed by atoms with Crippen molar-refractivity contribution in [3.63, 3.8) is 0 Å². The number of hydrogen-bond donors (Lipinski definition) is 1. The fourth-order valence-corrected chi connectivity index (χ4v) is 3.59. The highest BCUT2D eigenvalue weighted by atomic mass is 35.5. The van der Waals surface area contributed by atoms with Gasteiger partial charge >= 0.3 is 0 Å². The standard InChI is InChI=1S/C22H29NO5.ClH/c1-25-20-10-16(11-21(26-2)22(20)27-3)14-28-15-19(24)13-23-9-8-17-6-4-5-7-18(17)12-23;/h4-7,10-11,19,24H,8-9,12-15H2,1-3H3;1H. The first kappa shape index (κ1) is 23.3. The zero-order chi connectivity index (χ0) is 19.9. The van der Waals surface area contributed by atoms with Gasteiger partial charge in [0.2, 0.25) is 5.75 Å². The molecule has 1 heterocycles. The number of hydrogen-bond acceptors (Lipinski definition) is 6. The second-order valence-corrected chi connectivity index (χ2v) is 6.96. The second kappa shape index (κ2) is 11.3. The van der Waals surface area contributed by atoms with E-state index < -0.39 is 6.10 Å². The Kier molecular flexibility index (Phi) is 9.04. The normalized spacial score (nSPS) is 14.5. The van der Waals surface area contributed by atoms with Crippen LogP contribution < -0.4 is 14.2 Å². The van der Waals surface area contributed by atoms with E-state index in [0.29, 0.717) is 30.4 Å². The van der Waals surface area contributed by atoms with Crippen LogP contribution in [0.5, 0.6) is 17.2 Å². The molecule has 0 aromatic heterocycles. The lowest BCUT2D eigenvalue weighted by atomic mass is 10.00. The van der Waals surface area contributed by atoms with Gasteiger partial charge in [-0.3, -0.25) is 4.90 Å². The molecule has 2 aromatic rings. The minimum absolute atomic E-state index is 0. The maximum Gasteiger partial charge on any atom is 0.203 e. The fourth-order valence-electron chi connectivity index (χ4n) is 3.59. The van der Waals surface area contributed by atoms with E-state index in [1.54, 1.807) is 21.3 Å². The van der Waals surface area contributed by atoms with E-state index in [4.69, 9.17) is 18.9 Å². The van der Waals surface area contributed by atoms with E-state index >= 15 is 0 Å². The molecule has 0 aliphatic carbocycles. The molecule has 7 heteroatoms. The van der Waals surface area contributed by atoms with Crippen molar-refractivity contribution in [2.75, 3.05) is 41.0 Å². The summed E-state index contributed by atoms with van der Waals surface area (Å²) in [5.74, 6) is 1.74. The minimum Gasteiger partial charge on any atom is -0.493 e. The zero-order valence-electron chi connectivity index (χ0n) is 17.2. The van der Waals surface area contributed by atoms with Gasteiger partial charge in [0, 0.05) is 19.6 Å². The maximum atomic E-state index is 10.4. The molecule has 0 spiro atoms. The third kappa shape index (κ3) is 6.00. The highest BCUT2D eigenvalue weighted by Crippen LogP contribution is 2.38. The number of nitrogens with zero attached hydrogens (tertiary/aromatic N) is 1. The van der Waals surface area contributed by atoms with Crippen molar-refractivity contribution in [3.8, 4) is 17.2 Å². The molecule has 1 aliphatic heterocycles. The van der Waals surface area contributed by atoms with Crippen molar-refractivity contribution in [2.24, 2.45) is 0 Å². The van der Waals surface area contributed by atoms with E-state index in [0.717, 1.165) is 25.1 Å². The number of aliphatic hydroxyl groups excluding tert-OH is 1. The van der Waals surface area contributed by atoms with Gasteiger partial charge in [0.05, 0.1) is 40.6 Å². The SMILES string of the molecule is COc1cc(COCC(O)CN2CCc3ccccc3C2)cc(OC)c1OC.Cl. The Balaban J connectivity index is 0.00000300. The lowest BCUT2D eigenvalue weighted by Crippen LogP contribution is -2.38. The first-order chi connectivity index (χ1) is 13.6. The molecule has 1 aliphatic rings. The van der Waals surface area contributed by atoms with Gasteiger partial charge in [-0.15, -0.1) is 12.4 Å². The number of fused-ring (bicyclic) bond motifs is 1. The van der Waals surface area contributed by atoms with Crippen LogP contribution in [-0.2, 0) is 24.3 Å². The third-order valence-corrected chi connectivity index (χ3v) is 4.98. The van der Waals surface area contributed by atoms with Crippen LogP contribution in [0, 0.1) is 0 Å². The lowest BCUT2D eigenvalue weighted by Gasteiger charge is -2.30. The Morgan fingerprint density at radius 1 is 1.00 bits per heavy atom. The molecule has 1 atom stereocenters. The lowest BCUT2D eigenvalue weighted by molar-refractivity contribution is 0.00766. The van der Waals surface area contributed by atoms with E-state index in [9.17, 15) is 5.11 Å². The van der Waals surface area contributed by atoms with Gasteiger partial charge < -0.3 is 24.1 Å². The zero-order valence-corrected chi connectivity index (χ0v) is 18.0. The predicted molar refractivity (Wildman–Crippen MR) is 114 cm³/mol. The number of aliphatic hydroxyl groups is 1. The molecule has 0 bridgehead atoms. The molecule has 0 saturated carbocycles. The quantitative estimate of drug-likeness (QED) is 0.668. The minimum atomic E-state index is -0.535. The van der Waals surface area contributed by atoms with Gasteiger partial charge in [-0.25, -0.2) is 0 Å². The summed E-state index contributed by atoms with van der Waals surface area (Å²) < 4.78 is 21.8. The molecule has 2 aromatic carbocycles. The summed E-state index contributed by atoms with van der Waals surface area (Å²) in [5, 5.41) is 10.4. The van der Waals surface area contributed by atoms with Crippen LogP contribution in [-0.4, -0.2) is 57.1 Å². The van der Waals surface area contributed by atoms with E-state index in [2.05, 4.69) is 29.2 Å². The number of benzene rings is 2. The van der Waals surface area contributed by atoms with Gasteiger partial charge in [-0.2, -0.15) is 0 Å². The Labute approximate surface area is 178 Å². The maximum absolute atomic E-state index is 10.4. The van der Waals surface area contributed by atoms with Crippen LogP contribution in [0.4, 0.5) is 0 Å². The first-order valence-corrected chi connectivity index (χ1v) is 9.48. The van der Waals surface area contributed by atoms with Crippen molar-refractivity contribution in [3.05, 3.63) is 53.1 Å². The van der Waals surface area contributed by atoms with Crippen LogP contribution >= 0.6 is 12.4 Å². The Morgan fingerprint density at radius 2 is 1.66 bits per heavy atom. The highest BCUT2D eigenvalue weighted by molar-refractivity contribution is 5.85. The molecular formula is C22H30ClNO5. The van der Waals surface area contributed by atoms with Gasteiger partial charge in [0.25, 0.3) is 0 Å². The van der Waals surface area contributed by atoms with Crippen LogP contribution in [0.15, 0.2) is 36.4 Å². The number of β-amino-alcohol motifs (C(OH)–C–C–N with tert-alkyl or cyclic N) is 1. The molecule has 0 saturated heterocycles. The topological polar surface area (TPSA) is 60.4 Å². The second-order valence-electron chi connectivity index (χ2n) is 6.96. The molecule has 0 radical (unpaired) electrons. The Bertz CT molecular complexity index is 761. The Morgan fingerprint density at radius 3 is 2.28 bits per heavy atom. The number of ether oxygens (including phenoxy) is 4. The Hall–Kier alpha value is -1.99. The summed E-state index contributed by atoms with van der Waals surface area (Å²) in [6.45, 7) is 3.07. The third-order valence-electron chi connectivity index (χ3n) is 4.98. The van der Waals surface area contributed by atoms with Crippen LogP contribution in [0.25, 0.3) is 0 Å². The number of halogens is 1. The van der Waals surface area contributed by atoms with Gasteiger partial charge in [0.15, 0.2) is 11.5 Å². The average Bonchev–Trinajstić information content (AvgIpc) is 2.72. The smallest absolute Gasteiger partial charge is 0.203 e. The van der Waals surface area contributed by atoms with Crippen molar-refractivity contribution in [1.82, 2.24) is 4.90 Å². The van der Waals surface area contributed by atoms with Crippen molar-refractivity contribution in [1.29, 1.82) is 0 Å². The average molecular weight is 424 g/mol. The molecule has 160 valence electrons. The molecule has 0 fully saturated rings. The summed E-state index contributed by atoms with van der Waals surface area (Å²) in [4.78, 5) is 2.27. The van der Waals surface area contributed by atoms with Crippen molar-refractivity contribution in [2.45, 2.75) is 25.7 Å². The molecule has 3 rings (SSSR count). The molecular weight excluding hydrogens is 394 g/mol. The predicted octanol–water partition coefficient (Wildman–Crippen LogP) is 3.07. The molecule has 0 amide bonds. The summed E-state index contributed by atoms with van der Waals surface area (Å²) in [5.41, 5.74) is 3.65. The van der Waals surface area contributed by atoms with E-state index in [-0.39, 0.29) is 19.0 Å². The largest absolute Gasteiger partial charge is 0.493 e. The number of methoxy groups -OCH3 is 3. The van der Waals surface area contributed by atoms with Gasteiger partial charge in [-0.1, -0.05) is 24.3 Å². The number of rotatable bonds is 9. The van der Waals surface area contributed by atoms with Crippen molar-refractivity contribution < 1.29 is 24.1 Å². The summed E-state index contributed by atoms with van der Waals surface area (Å²) in [6.07, 6.45) is 0.488. The summed E-state index contributed by atoms with van der Waals surface area (Å²) >= 11 is 0. The molecule has 1 N–H and O–H groups in total. The summed E-state index contributed by atoms with van der Waals surface area (Å²) in [7, 11) is 4.75. The molecule has 6 nitrogen and oxygen atoms in total. The van der Waals surface area contributed by atoms with E-state index in [1.165, 1.54) is 11.1 Å². The molecule has 29 heavy (non-hydrogen) atoms. The van der Waals surface area contributed by atoms with Crippen molar-refractivity contribution >= 4 is 12.4 Å². The van der Waals surface area contributed by atoms with Crippen LogP contribution in [0.3, 0.4) is 0 Å². The monoisotopic (exact) mass is 423 g/mol. The van der Waals surface area contributed by atoms with Crippen LogP contribution in [0.2, 0.25) is 0 Å². The first-order valence-electron chi connectivity index (χ1n) is 9.48. The fraction of sp³-hybridized carbons (Fsp3) is 0.455. The highest BCUT2D eigenvalue weighted by Gasteiger charge is 2.19.